The van der Waals surface area contributed by atoms with Crippen molar-refractivity contribution in [3.05, 3.63) is 59.6 Å². The Kier molecular flexibility index (Phi) is 5.97. The van der Waals surface area contributed by atoms with Gasteiger partial charge in [0, 0.05) is 35.4 Å². The molecule has 3 aromatic rings. The number of hydrogen-bond acceptors (Lipinski definition) is 4. The second-order valence-corrected chi connectivity index (χ2v) is 7.43. The van der Waals surface area contributed by atoms with E-state index >= 15 is 0 Å². The van der Waals surface area contributed by atoms with Gasteiger partial charge in [-0.2, -0.15) is 13.2 Å². The average molecular weight is 451 g/mol. The van der Waals surface area contributed by atoms with E-state index in [4.69, 9.17) is 16.3 Å². The van der Waals surface area contributed by atoms with E-state index < -0.39 is 11.9 Å². The highest BCUT2D eigenvalue weighted by molar-refractivity contribution is 6.30. The number of morpholine rings is 1. The molecule has 4 rings (SSSR count). The van der Waals surface area contributed by atoms with Crippen LogP contribution in [0.1, 0.15) is 5.69 Å². The molecule has 0 atom stereocenters. The SMILES string of the molecule is O=C(Cn1cnc(-c2ccc(Cl)cc2)c1-c1ccnc(C(F)(F)F)c1)N1CCOCC1. The molecule has 1 fully saturated rings. The van der Waals surface area contributed by atoms with Gasteiger partial charge in [-0.25, -0.2) is 4.98 Å². The summed E-state index contributed by atoms with van der Waals surface area (Å²) >= 11 is 5.97. The molecule has 1 aromatic carbocycles. The van der Waals surface area contributed by atoms with Gasteiger partial charge in [0.1, 0.15) is 12.2 Å². The molecule has 1 saturated heterocycles. The molecule has 0 saturated carbocycles. The van der Waals surface area contributed by atoms with Gasteiger partial charge in [-0.05, 0) is 24.3 Å². The fraction of sp³-hybridized carbons (Fsp3) is 0.286. The van der Waals surface area contributed by atoms with Crippen LogP contribution in [0.25, 0.3) is 22.5 Å². The van der Waals surface area contributed by atoms with Crippen LogP contribution in [-0.4, -0.2) is 51.6 Å². The summed E-state index contributed by atoms with van der Waals surface area (Å²) in [5, 5.41) is 0.524. The van der Waals surface area contributed by atoms with Gasteiger partial charge in [-0.3, -0.25) is 9.78 Å². The third-order valence-electron chi connectivity index (χ3n) is 4.95. The number of alkyl halides is 3. The van der Waals surface area contributed by atoms with Gasteiger partial charge in [0.2, 0.25) is 5.91 Å². The summed E-state index contributed by atoms with van der Waals surface area (Å²) in [5.41, 5.74) is 0.767. The maximum atomic E-state index is 13.3. The Morgan fingerprint density at radius 2 is 1.77 bits per heavy atom. The quantitative estimate of drug-likeness (QED) is 0.599. The summed E-state index contributed by atoms with van der Waals surface area (Å²) in [6, 6.07) is 9.24. The number of hydrogen-bond donors (Lipinski definition) is 0. The number of amides is 1. The zero-order valence-electron chi connectivity index (χ0n) is 16.3. The number of rotatable bonds is 4. The number of benzene rings is 1. The number of carbonyl (C=O) groups is 1. The topological polar surface area (TPSA) is 60.2 Å². The van der Waals surface area contributed by atoms with Crippen LogP contribution in [0, 0.1) is 0 Å². The summed E-state index contributed by atoms with van der Waals surface area (Å²) in [7, 11) is 0. The fourth-order valence-electron chi connectivity index (χ4n) is 3.42. The van der Waals surface area contributed by atoms with Crippen molar-refractivity contribution in [2.45, 2.75) is 12.7 Å². The van der Waals surface area contributed by atoms with Crippen LogP contribution in [0.2, 0.25) is 5.02 Å². The molecule has 6 nitrogen and oxygen atoms in total. The Morgan fingerprint density at radius 1 is 1.06 bits per heavy atom. The number of ether oxygens (including phenoxy) is 1. The maximum absolute atomic E-state index is 13.3. The lowest BCUT2D eigenvalue weighted by molar-refractivity contribution is -0.141. The van der Waals surface area contributed by atoms with Gasteiger partial charge >= 0.3 is 6.18 Å². The van der Waals surface area contributed by atoms with Crippen molar-refractivity contribution in [1.82, 2.24) is 19.4 Å². The van der Waals surface area contributed by atoms with Crippen LogP contribution in [0.5, 0.6) is 0 Å². The molecular formula is C21H18ClF3N4O2. The monoisotopic (exact) mass is 450 g/mol. The van der Waals surface area contributed by atoms with E-state index in [0.29, 0.717) is 48.3 Å². The Morgan fingerprint density at radius 3 is 2.45 bits per heavy atom. The normalized spacial score (nSPS) is 14.6. The maximum Gasteiger partial charge on any atom is 0.433 e. The molecule has 162 valence electrons. The molecule has 31 heavy (non-hydrogen) atoms. The summed E-state index contributed by atoms with van der Waals surface area (Å²) in [5.74, 6) is -0.158. The van der Waals surface area contributed by atoms with Crippen molar-refractivity contribution in [2.24, 2.45) is 0 Å². The average Bonchev–Trinajstić information content (AvgIpc) is 3.18. The predicted octanol–water partition coefficient (Wildman–Crippen LogP) is 4.14. The number of nitrogens with zero attached hydrogens (tertiary/aromatic N) is 4. The van der Waals surface area contributed by atoms with Crippen molar-refractivity contribution in [1.29, 1.82) is 0 Å². The van der Waals surface area contributed by atoms with Gasteiger partial charge in [0.05, 0.1) is 30.9 Å². The molecule has 1 aliphatic rings. The minimum Gasteiger partial charge on any atom is -0.378 e. The van der Waals surface area contributed by atoms with E-state index in [0.717, 1.165) is 12.3 Å². The van der Waals surface area contributed by atoms with Crippen LogP contribution in [0.4, 0.5) is 13.2 Å². The van der Waals surface area contributed by atoms with Gasteiger partial charge in [0.25, 0.3) is 0 Å². The highest BCUT2D eigenvalue weighted by Crippen LogP contribution is 2.35. The minimum absolute atomic E-state index is 0.0560. The summed E-state index contributed by atoms with van der Waals surface area (Å²) in [6.45, 7) is 1.80. The second-order valence-electron chi connectivity index (χ2n) is 7.00. The molecule has 0 bridgehead atoms. The van der Waals surface area contributed by atoms with E-state index in [9.17, 15) is 18.0 Å². The molecule has 2 aromatic heterocycles. The molecule has 1 amide bonds. The standard InChI is InChI=1S/C21H18ClF3N4O2/c22-16-3-1-14(2-4-16)19-20(15-5-6-26-17(11-15)21(23,24)25)29(13-27-19)12-18(30)28-7-9-31-10-8-28/h1-6,11,13H,7-10,12H2. The first-order valence-electron chi connectivity index (χ1n) is 9.53. The minimum atomic E-state index is -4.59. The molecular weight excluding hydrogens is 433 g/mol. The zero-order chi connectivity index (χ0) is 22.0. The lowest BCUT2D eigenvalue weighted by Gasteiger charge is -2.27. The lowest BCUT2D eigenvalue weighted by Crippen LogP contribution is -2.42. The van der Waals surface area contributed by atoms with Crippen molar-refractivity contribution >= 4 is 17.5 Å². The number of imidazole rings is 1. The Bertz CT molecular complexity index is 1080. The van der Waals surface area contributed by atoms with E-state index in [1.807, 2.05) is 0 Å². The summed E-state index contributed by atoms with van der Waals surface area (Å²) in [6.07, 6.45) is -2.03. The van der Waals surface area contributed by atoms with Crippen LogP contribution in [0.3, 0.4) is 0 Å². The zero-order valence-corrected chi connectivity index (χ0v) is 17.0. The van der Waals surface area contributed by atoms with Gasteiger partial charge in [-0.15, -0.1) is 0 Å². The highest BCUT2D eigenvalue weighted by Gasteiger charge is 2.33. The van der Waals surface area contributed by atoms with E-state index in [2.05, 4.69) is 9.97 Å². The molecule has 0 spiro atoms. The molecule has 0 radical (unpaired) electrons. The molecule has 1 aliphatic heterocycles. The largest absolute Gasteiger partial charge is 0.433 e. The number of aromatic nitrogens is 3. The first-order chi connectivity index (χ1) is 14.8. The van der Waals surface area contributed by atoms with Gasteiger partial charge in [0.15, 0.2) is 0 Å². The van der Waals surface area contributed by atoms with Crippen molar-refractivity contribution in [3.63, 3.8) is 0 Å². The first-order valence-corrected chi connectivity index (χ1v) is 9.91. The van der Waals surface area contributed by atoms with Gasteiger partial charge < -0.3 is 14.2 Å². The Labute approximate surface area is 181 Å². The molecule has 0 aliphatic carbocycles. The predicted molar refractivity (Wildman–Crippen MR) is 108 cm³/mol. The van der Waals surface area contributed by atoms with E-state index in [-0.39, 0.29) is 18.0 Å². The lowest BCUT2D eigenvalue weighted by atomic mass is 10.0. The van der Waals surface area contributed by atoms with Crippen LogP contribution in [-0.2, 0) is 22.3 Å². The molecule has 3 heterocycles. The van der Waals surface area contributed by atoms with Crippen LogP contribution >= 0.6 is 11.6 Å². The van der Waals surface area contributed by atoms with Crippen molar-refractivity contribution in [2.75, 3.05) is 26.3 Å². The summed E-state index contributed by atoms with van der Waals surface area (Å²) < 4.78 is 46.6. The molecule has 0 unspecified atom stereocenters. The Hall–Kier alpha value is -2.91. The smallest absolute Gasteiger partial charge is 0.378 e. The number of halogens is 4. The van der Waals surface area contributed by atoms with Crippen LogP contribution < -0.4 is 0 Å². The second kappa shape index (κ2) is 8.68. The number of pyridine rings is 1. The van der Waals surface area contributed by atoms with Gasteiger partial charge in [-0.1, -0.05) is 23.7 Å². The molecule has 10 heteroatoms. The Balaban J connectivity index is 1.77. The third-order valence-corrected chi connectivity index (χ3v) is 5.20. The van der Waals surface area contributed by atoms with Crippen molar-refractivity contribution < 1.29 is 22.7 Å². The first kappa shape index (κ1) is 21.3. The van der Waals surface area contributed by atoms with E-state index in [1.54, 1.807) is 33.7 Å². The van der Waals surface area contributed by atoms with E-state index in [1.165, 1.54) is 12.4 Å². The summed E-state index contributed by atoms with van der Waals surface area (Å²) in [4.78, 5) is 22.3. The third kappa shape index (κ3) is 4.72. The highest BCUT2D eigenvalue weighted by atomic mass is 35.5. The van der Waals surface area contributed by atoms with Crippen LogP contribution in [0.15, 0.2) is 48.9 Å². The number of carbonyl (C=O) groups excluding carboxylic acids is 1. The molecule has 0 N–H and O–H groups in total. The fourth-order valence-corrected chi connectivity index (χ4v) is 3.54. The van der Waals surface area contributed by atoms with Crippen molar-refractivity contribution in [3.8, 4) is 22.5 Å².